The third-order valence-corrected chi connectivity index (χ3v) is 5.27. The van der Waals surface area contributed by atoms with E-state index in [0.29, 0.717) is 55.0 Å². The summed E-state index contributed by atoms with van der Waals surface area (Å²) in [7, 11) is 0. The summed E-state index contributed by atoms with van der Waals surface area (Å²) in [4.78, 5) is 12.4. The number of hydrogen-bond acceptors (Lipinski definition) is 7. The standard InChI is InChI=1S/C28H29N3O5/c1-3-33-24-15-14-20(18-25(24)34-4-2)16-17-29-26(32)19-35-23-13-9-8-12-22(23)28-31-30-27(36-28)21-10-6-5-7-11-21/h5-15,18H,3-4,16-17,19H2,1-2H3,(H,29,32). The second-order valence-corrected chi connectivity index (χ2v) is 7.81. The van der Waals surface area contributed by atoms with Crippen LogP contribution in [0.1, 0.15) is 19.4 Å². The largest absolute Gasteiger partial charge is 0.490 e. The summed E-state index contributed by atoms with van der Waals surface area (Å²) < 4.78 is 22.9. The Hall–Kier alpha value is -4.33. The third-order valence-electron chi connectivity index (χ3n) is 5.27. The number of para-hydroxylation sites is 1. The fourth-order valence-corrected chi connectivity index (χ4v) is 3.59. The van der Waals surface area contributed by atoms with Crippen molar-refractivity contribution in [1.29, 1.82) is 0 Å². The first-order valence-electron chi connectivity index (χ1n) is 11.9. The number of carbonyl (C=O) groups is 1. The highest BCUT2D eigenvalue weighted by Gasteiger charge is 2.15. The molecular weight excluding hydrogens is 458 g/mol. The zero-order valence-corrected chi connectivity index (χ0v) is 20.4. The first-order valence-corrected chi connectivity index (χ1v) is 11.9. The molecule has 0 spiro atoms. The minimum absolute atomic E-state index is 0.135. The first kappa shape index (κ1) is 24.8. The van der Waals surface area contributed by atoms with Crippen molar-refractivity contribution >= 4 is 5.91 Å². The van der Waals surface area contributed by atoms with Crippen LogP contribution in [-0.4, -0.2) is 42.5 Å². The average Bonchev–Trinajstić information content (AvgIpc) is 3.40. The maximum absolute atomic E-state index is 12.4. The van der Waals surface area contributed by atoms with E-state index >= 15 is 0 Å². The van der Waals surface area contributed by atoms with Crippen LogP contribution in [-0.2, 0) is 11.2 Å². The van der Waals surface area contributed by atoms with Gasteiger partial charge < -0.3 is 23.9 Å². The van der Waals surface area contributed by atoms with Crippen LogP contribution >= 0.6 is 0 Å². The van der Waals surface area contributed by atoms with Crippen molar-refractivity contribution in [3.8, 4) is 40.2 Å². The summed E-state index contributed by atoms with van der Waals surface area (Å²) in [6.07, 6.45) is 0.652. The van der Waals surface area contributed by atoms with Gasteiger partial charge in [0, 0.05) is 12.1 Å². The highest BCUT2D eigenvalue weighted by molar-refractivity contribution is 5.78. The number of aromatic nitrogens is 2. The van der Waals surface area contributed by atoms with E-state index in [9.17, 15) is 4.79 Å². The molecule has 0 atom stereocenters. The van der Waals surface area contributed by atoms with Crippen LogP contribution in [0.2, 0.25) is 0 Å². The van der Waals surface area contributed by atoms with Gasteiger partial charge in [0.15, 0.2) is 18.1 Å². The molecule has 36 heavy (non-hydrogen) atoms. The lowest BCUT2D eigenvalue weighted by Crippen LogP contribution is -2.30. The van der Waals surface area contributed by atoms with Gasteiger partial charge in [0.2, 0.25) is 5.89 Å². The van der Waals surface area contributed by atoms with Gasteiger partial charge in [-0.3, -0.25) is 4.79 Å². The molecule has 1 N–H and O–H groups in total. The van der Waals surface area contributed by atoms with Gasteiger partial charge in [-0.05, 0) is 62.2 Å². The molecule has 0 aliphatic carbocycles. The Kier molecular flexibility index (Phi) is 8.53. The van der Waals surface area contributed by atoms with Crippen molar-refractivity contribution in [3.63, 3.8) is 0 Å². The summed E-state index contributed by atoms with van der Waals surface area (Å²) in [5, 5.41) is 11.2. The topological polar surface area (TPSA) is 95.7 Å². The van der Waals surface area contributed by atoms with Crippen LogP contribution in [0.25, 0.3) is 22.9 Å². The molecule has 0 fully saturated rings. The maximum Gasteiger partial charge on any atom is 0.257 e. The van der Waals surface area contributed by atoms with Crippen molar-refractivity contribution in [2.45, 2.75) is 20.3 Å². The number of nitrogens with one attached hydrogen (secondary N) is 1. The fourth-order valence-electron chi connectivity index (χ4n) is 3.59. The van der Waals surface area contributed by atoms with E-state index < -0.39 is 0 Å². The lowest BCUT2D eigenvalue weighted by Gasteiger charge is -2.13. The van der Waals surface area contributed by atoms with E-state index in [-0.39, 0.29) is 12.5 Å². The predicted octanol–water partition coefficient (Wildman–Crippen LogP) is 4.94. The third kappa shape index (κ3) is 6.41. The minimum atomic E-state index is -0.226. The van der Waals surface area contributed by atoms with E-state index in [4.69, 9.17) is 18.6 Å². The molecule has 186 valence electrons. The number of nitrogens with zero attached hydrogens (tertiary/aromatic N) is 2. The van der Waals surface area contributed by atoms with Gasteiger partial charge in [-0.1, -0.05) is 36.4 Å². The second kappa shape index (κ2) is 12.4. The van der Waals surface area contributed by atoms with Crippen LogP contribution in [0.4, 0.5) is 0 Å². The molecule has 1 amide bonds. The van der Waals surface area contributed by atoms with Gasteiger partial charge in [-0.15, -0.1) is 10.2 Å². The number of hydrogen-bond donors (Lipinski definition) is 1. The van der Waals surface area contributed by atoms with Crippen molar-refractivity contribution < 1.29 is 23.4 Å². The van der Waals surface area contributed by atoms with Crippen molar-refractivity contribution in [2.24, 2.45) is 0 Å². The highest BCUT2D eigenvalue weighted by Crippen LogP contribution is 2.31. The van der Waals surface area contributed by atoms with Crippen LogP contribution in [0.3, 0.4) is 0 Å². The number of amides is 1. The molecule has 0 unspecified atom stereocenters. The molecule has 1 aromatic heterocycles. The summed E-state index contributed by atoms with van der Waals surface area (Å²) in [6, 6.07) is 22.6. The number of rotatable bonds is 12. The Balaban J connectivity index is 1.32. The summed E-state index contributed by atoms with van der Waals surface area (Å²) in [5.41, 5.74) is 2.49. The van der Waals surface area contributed by atoms with Gasteiger partial charge in [-0.2, -0.15) is 0 Å². The predicted molar refractivity (Wildman–Crippen MR) is 136 cm³/mol. The molecule has 4 rings (SSSR count). The first-order chi connectivity index (χ1) is 17.7. The quantitative estimate of drug-likeness (QED) is 0.302. The molecule has 0 radical (unpaired) electrons. The van der Waals surface area contributed by atoms with E-state index in [1.54, 1.807) is 6.07 Å². The molecule has 3 aromatic carbocycles. The summed E-state index contributed by atoms with van der Waals surface area (Å²) >= 11 is 0. The number of benzene rings is 3. The molecule has 0 aliphatic heterocycles. The SMILES string of the molecule is CCOc1ccc(CCNC(=O)COc2ccccc2-c2nnc(-c3ccccc3)o2)cc1OCC. The lowest BCUT2D eigenvalue weighted by atomic mass is 10.1. The Labute approximate surface area is 210 Å². The van der Waals surface area contributed by atoms with Crippen molar-refractivity contribution in [1.82, 2.24) is 15.5 Å². The van der Waals surface area contributed by atoms with E-state index in [2.05, 4.69) is 15.5 Å². The Morgan fingerprint density at radius 3 is 2.33 bits per heavy atom. The van der Waals surface area contributed by atoms with E-state index in [1.807, 2.05) is 80.6 Å². The van der Waals surface area contributed by atoms with Crippen molar-refractivity contribution in [2.75, 3.05) is 26.4 Å². The molecule has 0 aliphatic rings. The molecular formula is C28H29N3O5. The maximum atomic E-state index is 12.4. The van der Waals surface area contributed by atoms with Gasteiger partial charge in [0.1, 0.15) is 5.75 Å². The lowest BCUT2D eigenvalue weighted by molar-refractivity contribution is -0.123. The molecule has 0 bridgehead atoms. The molecule has 8 heteroatoms. The summed E-state index contributed by atoms with van der Waals surface area (Å²) in [5.74, 6) is 2.43. The summed E-state index contributed by atoms with van der Waals surface area (Å²) in [6.45, 7) is 5.32. The number of carbonyl (C=O) groups excluding carboxylic acids is 1. The molecule has 0 saturated heterocycles. The Morgan fingerprint density at radius 2 is 1.53 bits per heavy atom. The van der Waals surface area contributed by atoms with Crippen LogP contribution in [0.15, 0.2) is 77.2 Å². The molecule has 0 saturated carbocycles. The van der Waals surface area contributed by atoms with Crippen LogP contribution in [0, 0.1) is 0 Å². The van der Waals surface area contributed by atoms with E-state index in [1.165, 1.54) is 0 Å². The average molecular weight is 488 g/mol. The van der Waals surface area contributed by atoms with Crippen LogP contribution < -0.4 is 19.5 Å². The minimum Gasteiger partial charge on any atom is -0.490 e. The highest BCUT2D eigenvalue weighted by atomic mass is 16.5. The van der Waals surface area contributed by atoms with E-state index in [0.717, 1.165) is 16.9 Å². The molecule has 8 nitrogen and oxygen atoms in total. The second-order valence-electron chi connectivity index (χ2n) is 7.81. The van der Waals surface area contributed by atoms with Gasteiger partial charge >= 0.3 is 0 Å². The van der Waals surface area contributed by atoms with Gasteiger partial charge in [0.05, 0.1) is 18.8 Å². The Bertz CT molecular complexity index is 1270. The monoisotopic (exact) mass is 487 g/mol. The molecule has 1 heterocycles. The van der Waals surface area contributed by atoms with Crippen LogP contribution in [0.5, 0.6) is 17.2 Å². The number of ether oxygens (including phenoxy) is 3. The normalized spacial score (nSPS) is 10.6. The Morgan fingerprint density at radius 1 is 0.806 bits per heavy atom. The van der Waals surface area contributed by atoms with Gasteiger partial charge in [0.25, 0.3) is 11.8 Å². The molecule has 4 aromatic rings. The zero-order valence-electron chi connectivity index (χ0n) is 20.4. The van der Waals surface area contributed by atoms with Gasteiger partial charge in [-0.25, -0.2) is 0 Å². The fraction of sp³-hybridized carbons (Fsp3) is 0.250. The smallest absolute Gasteiger partial charge is 0.257 e. The zero-order chi connectivity index (χ0) is 25.2. The van der Waals surface area contributed by atoms with Crippen molar-refractivity contribution in [3.05, 3.63) is 78.4 Å².